The van der Waals surface area contributed by atoms with Crippen LogP contribution >= 0.6 is 0 Å². The predicted octanol–water partition coefficient (Wildman–Crippen LogP) is 2.49. The Bertz CT molecular complexity index is 1030. The number of aromatic amines is 1. The van der Waals surface area contributed by atoms with Gasteiger partial charge in [-0.25, -0.2) is 18.4 Å². The van der Waals surface area contributed by atoms with Gasteiger partial charge in [0.25, 0.3) is 0 Å². The lowest BCUT2D eigenvalue weighted by atomic mass is 9.94. The number of pyridine rings is 1. The predicted molar refractivity (Wildman–Crippen MR) is 96.2 cm³/mol. The molecule has 3 aromatic rings. The number of fused-ring (bicyclic) bond motifs is 3. The lowest BCUT2D eigenvalue weighted by Gasteiger charge is -2.30. The summed E-state index contributed by atoms with van der Waals surface area (Å²) >= 11 is 0. The monoisotopic (exact) mass is 362 g/mol. The quantitative estimate of drug-likeness (QED) is 0.745. The van der Waals surface area contributed by atoms with Gasteiger partial charge >= 0.3 is 0 Å². The van der Waals surface area contributed by atoms with Gasteiger partial charge in [-0.3, -0.25) is 0 Å². The molecule has 25 heavy (non-hydrogen) atoms. The van der Waals surface area contributed by atoms with Gasteiger partial charge < -0.3 is 14.7 Å². The minimum atomic E-state index is -3.00. The number of aromatic nitrogens is 4. The lowest BCUT2D eigenvalue weighted by Crippen LogP contribution is -2.28. The van der Waals surface area contributed by atoms with Crippen molar-refractivity contribution in [1.82, 2.24) is 19.5 Å². The van der Waals surface area contributed by atoms with Gasteiger partial charge in [0.2, 0.25) is 0 Å². The Labute approximate surface area is 146 Å². The zero-order valence-corrected chi connectivity index (χ0v) is 15.1. The van der Waals surface area contributed by atoms with Crippen LogP contribution in [0.1, 0.15) is 50.6 Å². The highest BCUT2D eigenvalue weighted by molar-refractivity contribution is 7.91. The van der Waals surface area contributed by atoms with E-state index in [2.05, 4.69) is 19.5 Å². The number of rotatable bonds is 3. The Hall–Kier alpha value is -1.93. The van der Waals surface area contributed by atoms with Crippen molar-refractivity contribution in [3.8, 4) is 0 Å². The number of H-pyrrole nitrogens is 1. The zero-order valence-electron chi connectivity index (χ0n) is 14.3. The smallest absolute Gasteiger partial charge is 0.150 e. The SMILES string of the molecule is CC(O)c1nc2cnc3[nH]ccc3c2n1C1CCC(S(C)(=O)=O)CC1. The molecule has 0 amide bonds. The van der Waals surface area contributed by atoms with Crippen molar-refractivity contribution in [3.63, 3.8) is 0 Å². The summed E-state index contributed by atoms with van der Waals surface area (Å²) in [6, 6.07) is 2.10. The normalized spacial score (nSPS) is 23.3. The molecule has 1 saturated carbocycles. The van der Waals surface area contributed by atoms with Crippen LogP contribution < -0.4 is 0 Å². The summed E-state index contributed by atoms with van der Waals surface area (Å²) < 4.78 is 25.8. The Morgan fingerprint density at radius 1 is 1.32 bits per heavy atom. The Morgan fingerprint density at radius 2 is 2.04 bits per heavy atom. The first-order valence-electron chi connectivity index (χ1n) is 8.57. The van der Waals surface area contributed by atoms with Gasteiger partial charge in [-0.05, 0) is 38.7 Å². The number of nitrogens with zero attached hydrogens (tertiary/aromatic N) is 3. The molecule has 1 aliphatic rings. The first-order chi connectivity index (χ1) is 11.9. The van der Waals surface area contributed by atoms with Crippen LogP contribution in [0.5, 0.6) is 0 Å². The molecule has 4 rings (SSSR count). The number of sulfone groups is 1. The molecule has 134 valence electrons. The van der Waals surface area contributed by atoms with Crippen molar-refractivity contribution in [2.24, 2.45) is 0 Å². The minimum Gasteiger partial charge on any atom is -0.385 e. The Morgan fingerprint density at radius 3 is 2.68 bits per heavy atom. The molecule has 7 nitrogen and oxygen atoms in total. The second-order valence-electron chi connectivity index (χ2n) is 7.01. The second kappa shape index (κ2) is 5.81. The van der Waals surface area contributed by atoms with E-state index < -0.39 is 15.9 Å². The van der Waals surface area contributed by atoms with Gasteiger partial charge in [0, 0.05) is 23.9 Å². The number of imidazole rings is 1. The van der Waals surface area contributed by atoms with Gasteiger partial charge in [-0.2, -0.15) is 0 Å². The Balaban J connectivity index is 1.83. The third kappa shape index (κ3) is 2.73. The van der Waals surface area contributed by atoms with Crippen molar-refractivity contribution in [3.05, 3.63) is 24.3 Å². The van der Waals surface area contributed by atoms with E-state index in [1.54, 1.807) is 13.1 Å². The average molecular weight is 362 g/mol. The number of aliphatic hydroxyl groups excluding tert-OH is 1. The van der Waals surface area contributed by atoms with Crippen LogP contribution in [-0.4, -0.2) is 44.5 Å². The van der Waals surface area contributed by atoms with Gasteiger partial charge in [-0.1, -0.05) is 0 Å². The van der Waals surface area contributed by atoms with Crippen LogP contribution in [-0.2, 0) is 9.84 Å². The van der Waals surface area contributed by atoms with Crippen LogP contribution in [0.25, 0.3) is 22.1 Å². The van der Waals surface area contributed by atoms with Crippen molar-refractivity contribution in [1.29, 1.82) is 0 Å². The van der Waals surface area contributed by atoms with Gasteiger partial charge in [0.15, 0.2) is 0 Å². The molecule has 8 heteroatoms. The largest absolute Gasteiger partial charge is 0.385 e. The van der Waals surface area contributed by atoms with E-state index in [1.807, 2.05) is 12.3 Å². The van der Waals surface area contributed by atoms with Gasteiger partial charge in [0.1, 0.15) is 32.9 Å². The minimum absolute atomic E-state index is 0.132. The van der Waals surface area contributed by atoms with E-state index in [-0.39, 0.29) is 11.3 Å². The highest BCUT2D eigenvalue weighted by Gasteiger charge is 2.31. The number of hydrogen-bond acceptors (Lipinski definition) is 5. The third-order valence-electron chi connectivity index (χ3n) is 5.25. The second-order valence-corrected chi connectivity index (χ2v) is 9.33. The molecule has 0 aliphatic heterocycles. The summed E-state index contributed by atoms with van der Waals surface area (Å²) in [5.74, 6) is 0.619. The fourth-order valence-corrected chi connectivity index (χ4v) is 5.13. The van der Waals surface area contributed by atoms with E-state index in [9.17, 15) is 13.5 Å². The first kappa shape index (κ1) is 16.5. The van der Waals surface area contributed by atoms with Crippen molar-refractivity contribution >= 4 is 31.9 Å². The lowest BCUT2D eigenvalue weighted by molar-refractivity contribution is 0.178. The van der Waals surface area contributed by atoms with E-state index in [4.69, 9.17) is 0 Å². The molecule has 0 radical (unpaired) electrons. The van der Waals surface area contributed by atoms with Crippen LogP contribution in [0.15, 0.2) is 18.5 Å². The van der Waals surface area contributed by atoms with E-state index in [0.717, 1.165) is 34.9 Å². The first-order valence-corrected chi connectivity index (χ1v) is 10.5. The molecule has 3 aromatic heterocycles. The topological polar surface area (TPSA) is 101 Å². The maximum atomic E-state index is 11.8. The van der Waals surface area contributed by atoms with Crippen molar-refractivity contribution < 1.29 is 13.5 Å². The number of hydrogen-bond donors (Lipinski definition) is 2. The molecule has 1 atom stereocenters. The van der Waals surface area contributed by atoms with Gasteiger partial charge in [0.05, 0.1) is 17.0 Å². The molecule has 0 spiro atoms. The summed E-state index contributed by atoms with van der Waals surface area (Å²) in [5, 5.41) is 10.9. The molecular formula is C17H22N4O3S. The molecule has 3 heterocycles. The third-order valence-corrected chi connectivity index (χ3v) is 6.93. The van der Waals surface area contributed by atoms with Crippen LogP contribution in [0, 0.1) is 0 Å². The summed E-state index contributed by atoms with van der Waals surface area (Å²) in [6.45, 7) is 1.71. The van der Waals surface area contributed by atoms with E-state index >= 15 is 0 Å². The highest BCUT2D eigenvalue weighted by Crippen LogP contribution is 2.37. The van der Waals surface area contributed by atoms with Crippen LogP contribution in [0.4, 0.5) is 0 Å². The summed E-state index contributed by atoms with van der Waals surface area (Å²) in [5.41, 5.74) is 2.51. The molecule has 2 N–H and O–H groups in total. The fourth-order valence-electron chi connectivity index (χ4n) is 4.01. The number of aliphatic hydroxyl groups is 1. The molecule has 1 fully saturated rings. The standard InChI is InChI=1S/C17H22N4O3S/c1-10(22)17-20-14-9-19-16-13(7-8-18-16)15(14)21(17)11-3-5-12(6-4-11)25(2,23)24/h7-12,22H,3-6H2,1-2H3,(H,18,19). The van der Waals surface area contributed by atoms with Crippen LogP contribution in [0.3, 0.4) is 0 Å². The molecular weight excluding hydrogens is 340 g/mol. The van der Waals surface area contributed by atoms with Crippen molar-refractivity contribution in [2.75, 3.05) is 6.26 Å². The van der Waals surface area contributed by atoms with E-state index in [1.165, 1.54) is 6.26 Å². The zero-order chi connectivity index (χ0) is 17.8. The Kier molecular flexibility index (Phi) is 3.84. The van der Waals surface area contributed by atoms with Crippen molar-refractivity contribution in [2.45, 2.75) is 50.0 Å². The maximum Gasteiger partial charge on any atom is 0.150 e. The summed E-state index contributed by atoms with van der Waals surface area (Å²) in [6.07, 6.45) is 6.99. The van der Waals surface area contributed by atoms with E-state index in [0.29, 0.717) is 18.7 Å². The average Bonchev–Trinajstić information content (AvgIpc) is 3.17. The molecule has 1 aliphatic carbocycles. The molecule has 1 unspecified atom stereocenters. The summed E-state index contributed by atoms with van der Waals surface area (Å²) in [4.78, 5) is 12.1. The number of nitrogens with one attached hydrogen (secondary N) is 1. The maximum absolute atomic E-state index is 11.8. The molecule has 0 aromatic carbocycles. The van der Waals surface area contributed by atoms with Gasteiger partial charge in [-0.15, -0.1) is 0 Å². The fraction of sp³-hybridized carbons (Fsp3) is 0.529. The molecule has 0 saturated heterocycles. The summed E-state index contributed by atoms with van der Waals surface area (Å²) in [7, 11) is -3.00. The van der Waals surface area contributed by atoms with Crippen LogP contribution in [0.2, 0.25) is 0 Å². The highest BCUT2D eigenvalue weighted by atomic mass is 32.2. The molecule has 0 bridgehead atoms.